The van der Waals surface area contributed by atoms with Gasteiger partial charge in [0.2, 0.25) is 0 Å². The van der Waals surface area contributed by atoms with Crippen molar-refractivity contribution in [3.63, 3.8) is 0 Å². The first-order chi connectivity index (χ1) is 11.3. The molecule has 0 spiro atoms. The molecule has 23 heavy (non-hydrogen) atoms. The average molecular weight is 304 g/mol. The number of amides is 1. The number of rotatable bonds is 3. The van der Waals surface area contributed by atoms with E-state index in [1.807, 2.05) is 48.5 Å². The summed E-state index contributed by atoms with van der Waals surface area (Å²) in [4.78, 5) is 12.3. The molecule has 0 aromatic heterocycles. The van der Waals surface area contributed by atoms with Crippen molar-refractivity contribution in [3.8, 4) is 6.07 Å². The Balaban J connectivity index is 1.79. The van der Waals surface area contributed by atoms with Gasteiger partial charge in [-0.05, 0) is 41.3 Å². The van der Waals surface area contributed by atoms with Gasteiger partial charge in [0.15, 0.2) is 0 Å². The average Bonchev–Trinajstić information content (AvgIpc) is 2.60. The van der Waals surface area contributed by atoms with E-state index in [0.717, 1.165) is 42.0 Å². The van der Waals surface area contributed by atoms with Gasteiger partial charge in [-0.25, -0.2) is 0 Å². The number of benzene rings is 2. The number of carbonyl (C=O) groups is 1. The molecule has 0 atom stereocenters. The number of nitriles is 1. The van der Waals surface area contributed by atoms with Crippen LogP contribution >= 0.6 is 0 Å². The predicted molar refractivity (Wildman–Crippen MR) is 92.6 cm³/mol. The zero-order valence-corrected chi connectivity index (χ0v) is 13.1. The molecule has 3 heteroatoms. The van der Waals surface area contributed by atoms with Crippen LogP contribution in [-0.2, 0) is 4.79 Å². The largest absolute Gasteiger partial charge is 0.349 e. The first-order valence-electron chi connectivity index (χ1n) is 8.18. The Bertz CT molecular complexity index is 780. The maximum absolute atomic E-state index is 12.3. The number of carbonyl (C=O) groups excluding carboxylic acids is 1. The summed E-state index contributed by atoms with van der Waals surface area (Å²) in [7, 11) is 0. The third-order valence-electron chi connectivity index (χ3n) is 4.39. The van der Waals surface area contributed by atoms with Gasteiger partial charge in [0.1, 0.15) is 11.6 Å². The molecule has 1 N–H and O–H groups in total. The van der Waals surface area contributed by atoms with Crippen molar-refractivity contribution in [2.75, 3.05) is 0 Å². The van der Waals surface area contributed by atoms with E-state index in [-0.39, 0.29) is 17.5 Å². The van der Waals surface area contributed by atoms with E-state index in [4.69, 9.17) is 0 Å². The van der Waals surface area contributed by atoms with Gasteiger partial charge < -0.3 is 5.32 Å². The summed E-state index contributed by atoms with van der Waals surface area (Å²) in [6, 6.07) is 16.3. The van der Waals surface area contributed by atoms with E-state index in [2.05, 4.69) is 5.32 Å². The van der Waals surface area contributed by atoms with Crippen LogP contribution in [0.1, 0.15) is 37.7 Å². The zero-order chi connectivity index (χ0) is 16.1. The van der Waals surface area contributed by atoms with Crippen molar-refractivity contribution in [2.45, 2.75) is 38.1 Å². The normalized spacial score (nSPS) is 16.0. The van der Waals surface area contributed by atoms with Crippen LogP contribution < -0.4 is 5.32 Å². The van der Waals surface area contributed by atoms with Gasteiger partial charge in [0.25, 0.3) is 5.91 Å². The molecule has 2 aromatic carbocycles. The smallest absolute Gasteiger partial charge is 0.262 e. The summed E-state index contributed by atoms with van der Waals surface area (Å²) >= 11 is 0. The van der Waals surface area contributed by atoms with Gasteiger partial charge in [0, 0.05) is 6.04 Å². The molecule has 0 saturated heterocycles. The van der Waals surface area contributed by atoms with E-state index in [0.29, 0.717) is 0 Å². The predicted octanol–water partition coefficient (Wildman–Crippen LogP) is 4.20. The molecule has 0 aliphatic heterocycles. The minimum Gasteiger partial charge on any atom is -0.349 e. The van der Waals surface area contributed by atoms with Crippen molar-refractivity contribution in [1.82, 2.24) is 5.32 Å². The van der Waals surface area contributed by atoms with Gasteiger partial charge in [-0.3, -0.25) is 4.79 Å². The Kier molecular flexibility index (Phi) is 4.73. The van der Waals surface area contributed by atoms with Crippen LogP contribution in [0.3, 0.4) is 0 Å². The molecule has 0 bridgehead atoms. The van der Waals surface area contributed by atoms with Crippen molar-refractivity contribution >= 4 is 22.8 Å². The molecule has 1 saturated carbocycles. The maximum Gasteiger partial charge on any atom is 0.262 e. The second-order valence-electron chi connectivity index (χ2n) is 6.08. The first-order valence-corrected chi connectivity index (χ1v) is 8.18. The Morgan fingerprint density at radius 2 is 1.83 bits per heavy atom. The highest BCUT2D eigenvalue weighted by Crippen LogP contribution is 2.19. The van der Waals surface area contributed by atoms with Crippen molar-refractivity contribution in [1.29, 1.82) is 5.26 Å². The molecule has 1 fully saturated rings. The standard InChI is InChI=1S/C20H20N2O/c21-14-18(20(23)22-19-8-2-1-3-9-19)13-15-10-11-16-6-4-5-7-17(16)12-15/h4-7,10-13,19H,1-3,8-9H2,(H,22,23)/b18-13+. The Morgan fingerprint density at radius 1 is 1.09 bits per heavy atom. The summed E-state index contributed by atoms with van der Waals surface area (Å²) in [5.41, 5.74) is 1.05. The fourth-order valence-corrected chi connectivity index (χ4v) is 3.12. The van der Waals surface area contributed by atoms with Crippen molar-refractivity contribution in [2.24, 2.45) is 0 Å². The lowest BCUT2D eigenvalue weighted by molar-refractivity contribution is -0.117. The third-order valence-corrected chi connectivity index (χ3v) is 4.39. The summed E-state index contributed by atoms with van der Waals surface area (Å²) in [5.74, 6) is -0.257. The minimum absolute atomic E-state index is 0.172. The fourth-order valence-electron chi connectivity index (χ4n) is 3.12. The van der Waals surface area contributed by atoms with E-state index in [1.165, 1.54) is 6.42 Å². The molecular formula is C20H20N2O. The van der Waals surface area contributed by atoms with E-state index in [1.54, 1.807) is 6.08 Å². The lowest BCUT2D eigenvalue weighted by Crippen LogP contribution is -2.36. The lowest BCUT2D eigenvalue weighted by Gasteiger charge is -2.22. The van der Waals surface area contributed by atoms with Crippen molar-refractivity contribution in [3.05, 3.63) is 53.6 Å². The van der Waals surface area contributed by atoms with Gasteiger partial charge in [-0.1, -0.05) is 55.7 Å². The van der Waals surface area contributed by atoms with Gasteiger partial charge in [0.05, 0.1) is 0 Å². The number of nitrogens with one attached hydrogen (secondary N) is 1. The fraction of sp³-hybridized carbons (Fsp3) is 0.300. The Hall–Kier alpha value is -2.60. The highest BCUT2D eigenvalue weighted by molar-refractivity contribution is 6.02. The van der Waals surface area contributed by atoms with Crippen LogP contribution in [0.4, 0.5) is 0 Å². The SMILES string of the molecule is N#C/C(=C\c1ccc2ccccc2c1)C(=O)NC1CCCCC1. The Morgan fingerprint density at radius 3 is 2.57 bits per heavy atom. The quantitative estimate of drug-likeness (QED) is 0.682. The monoisotopic (exact) mass is 304 g/mol. The van der Waals surface area contributed by atoms with E-state index in [9.17, 15) is 10.1 Å². The van der Waals surface area contributed by atoms with Crippen LogP contribution in [0.5, 0.6) is 0 Å². The molecule has 0 heterocycles. The minimum atomic E-state index is -0.257. The molecule has 3 nitrogen and oxygen atoms in total. The van der Waals surface area contributed by atoms with Crippen molar-refractivity contribution < 1.29 is 4.79 Å². The van der Waals surface area contributed by atoms with Crippen LogP contribution in [0, 0.1) is 11.3 Å². The second-order valence-corrected chi connectivity index (χ2v) is 6.08. The van der Waals surface area contributed by atoms with Crippen LogP contribution in [0.2, 0.25) is 0 Å². The summed E-state index contributed by atoms with van der Waals surface area (Å²) in [6.07, 6.45) is 7.25. The highest BCUT2D eigenvalue weighted by atomic mass is 16.1. The van der Waals surface area contributed by atoms with E-state index < -0.39 is 0 Å². The zero-order valence-electron chi connectivity index (χ0n) is 13.1. The molecule has 116 valence electrons. The summed E-state index contributed by atoms with van der Waals surface area (Å²) in [6.45, 7) is 0. The number of fused-ring (bicyclic) bond motifs is 1. The number of nitrogens with zero attached hydrogens (tertiary/aromatic N) is 1. The third kappa shape index (κ3) is 3.78. The lowest BCUT2D eigenvalue weighted by atomic mass is 9.95. The van der Waals surface area contributed by atoms with Crippen LogP contribution in [0.25, 0.3) is 16.8 Å². The molecule has 0 radical (unpaired) electrons. The van der Waals surface area contributed by atoms with E-state index >= 15 is 0 Å². The maximum atomic E-state index is 12.3. The molecule has 1 aliphatic rings. The molecule has 2 aromatic rings. The van der Waals surface area contributed by atoms with Gasteiger partial charge in [-0.2, -0.15) is 5.26 Å². The highest BCUT2D eigenvalue weighted by Gasteiger charge is 2.18. The topological polar surface area (TPSA) is 52.9 Å². The van der Waals surface area contributed by atoms with Crippen LogP contribution in [0.15, 0.2) is 48.0 Å². The molecule has 0 unspecified atom stereocenters. The summed E-state index contributed by atoms with van der Waals surface area (Å²) < 4.78 is 0. The molecular weight excluding hydrogens is 284 g/mol. The first kappa shape index (κ1) is 15.3. The molecule has 3 rings (SSSR count). The van der Waals surface area contributed by atoms with Crippen LogP contribution in [-0.4, -0.2) is 11.9 Å². The van der Waals surface area contributed by atoms with Gasteiger partial charge >= 0.3 is 0 Å². The molecule has 1 amide bonds. The molecule has 1 aliphatic carbocycles. The Labute approximate surface area is 136 Å². The number of hydrogen-bond donors (Lipinski definition) is 1. The second kappa shape index (κ2) is 7.11. The summed E-state index contributed by atoms with van der Waals surface area (Å²) in [5, 5.41) is 14.6. The number of hydrogen-bond acceptors (Lipinski definition) is 2. The van der Waals surface area contributed by atoms with Gasteiger partial charge in [-0.15, -0.1) is 0 Å².